The lowest BCUT2D eigenvalue weighted by atomic mass is 10.1. The minimum absolute atomic E-state index is 0.918. The fourth-order valence-electron chi connectivity index (χ4n) is 2.41. The van der Waals surface area contributed by atoms with Crippen molar-refractivity contribution in [3.8, 4) is 0 Å². The molecule has 19 heavy (non-hydrogen) atoms. The number of para-hydroxylation sites is 1. The molecule has 3 heteroatoms. The Morgan fingerprint density at radius 3 is 2.63 bits per heavy atom. The Hall–Kier alpha value is -2.64. The summed E-state index contributed by atoms with van der Waals surface area (Å²) in [5.41, 5.74) is 2.93. The molecule has 0 radical (unpaired) electrons. The molecule has 90 valence electrons. The summed E-state index contributed by atoms with van der Waals surface area (Å²) in [7, 11) is 1.96. The molecule has 3 nitrogen and oxygen atoms in total. The summed E-state index contributed by atoms with van der Waals surface area (Å²) in [4.78, 5) is 0. The Labute approximate surface area is 110 Å². The number of furan rings is 1. The van der Waals surface area contributed by atoms with Crippen molar-refractivity contribution in [3.63, 3.8) is 0 Å². The van der Waals surface area contributed by atoms with Crippen LogP contribution >= 0.6 is 0 Å². The molecule has 1 aromatic heterocycles. The summed E-state index contributed by atoms with van der Waals surface area (Å²) in [6, 6.07) is 17.5. The standard InChI is InChI=1S/C16H12N2O/c1-17-8-9-18(11-17)12-6-7-16-14(10-12)13-4-2-3-5-15(13)19-16/h2-10H,1H3/q+2. The van der Waals surface area contributed by atoms with Crippen molar-refractivity contribution < 1.29 is 13.6 Å². The van der Waals surface area contributed by atoms with E-state index in [9.17, 15) is 0 Å². The quantitative estimate of drug-likeness (QED) is 0.603. The Kier molecular flexibility index (Phi) is 1.99. The molecular formula is C16H12N2O+2. The van der Waals surface area contributed by atoms with Crippen LogP contribution in [0, 0.1) is 0 Å². The van der Waals surface area contributed by atoms with Crippen LogP contribution in [0.25, 0.3) is 21.9 Å². The number of benzene rings is 2. The van der Waals surface area contributed by atoms with Gasteiger partial charge in [-0.1, -0.05) is 27.4 Å². The van der Waals surface area contributed by atoms with Gasteiger partial charge < -0.3 is 4.42 Å². The van der Waals surface area contributed by atoms with Gasteiger partial charge in [-0.3, -0.25) is 0 Å². The van der Waals surface area contributed by atoms with Crippen LogP contribution in [0.15, 0.2) is 59.3 Å². The minimum Gasteiger partial charge on any atom is -0.456 e. The number of hydrogen-bond acceptors (Lipinski definition) is 1. The van der Waals surface area contributed by atoms with Crippen molar-refractivity contribution in [2.24, 2.45) is 0 Å². The highest BCUT2D eigenvalue weighted by atomic mass is 16.3. The zero-order valence-corrected chi connectivity index (χ0v) is 10.5. The van der Waals surface area contributed by atoms with Gasteiger partial charge in [0.1, 0.15) is 11.2 Å². The van der Waals surface area contributed by atoms with Crippen molar-refractivity contribution in [1.29, 1.82) is 0 Å². The van der Waals surface area contributed by atoms with Gasteiger partial charge in [-0.05, 0) is 12.1 Å². The molecule has 3 aromatic rings. The summed E-state index contributed by atoms with van der Waals surface area (Å²) in [6.07, 6.45) is 3.96. The van der Waals surface area contributed by atoms with E-state index in [1.54, 1.807) is 0 Å². The molecule has 0 unspecified atom stereocenters. The molecule has 0 saturated carbocycles. The number of fused-ring (bicyclic) bond motifs is 3. The van der Waals surface area contributed by atoms with Gasteiger partial charge in [0.2, 0.25) is 11.9 Å². The van der Waals surface area contributed by atoms with Gasteiger partial charge in [0, 0.05) is 22.9 Å². The van der Waals surface area contributed by atoms with E-state index in [1.807, 2.05) is 58.9 Å². The van der Waals surface area contributed by atoms with Crippen LogP contribution < -0.4 is 0 Å². The van der Waals surface area contributed by atoms with Crippen molar-refractivity contribution in [3.05, 3.63) is 54.9 Å². The topological polar surface area (TPSA) is 19.2 Å². The van der Waals surface area contributed by atoms with Gasteiger partial charge in [-0.15, -0.1) is 0 Å². The first-order chi connectivity index (χ1) is 9.31. The molecular weight excluding hydrogens is 236 g/mol. The van der Waals surface area contributed by atoms with Crippen molar-refractivity contribution in [2.75, 3.05) is 7.05 Å². The fraction of sp³-hybridized carbons (Fsp3) is 0.0625. The maximum absolute atomic E-state index is 5.82. The number of nitrogens with zero attached hydrogens (tertiary/aromatic N) is 2. The third-order valence-corrected chi connectivity index (χ3v) is 3.34. The zero-order chi connectivity index (χ0) is 12.8. The summed E-state index contributed by atoms with van der Waals surface area (Å²) in [5, 5.41) is 2.29. The maximum Gasteiger partial charge on any atom is 0.495 e. The smallest absolute Gasteiger partial charge is 0.456 e. The van der Waals surface area contributed by atoms with Gasteiger partial charge in [0.05, 0.1) is 0 Å². The summed E-state index contributed by atoms with van der Waals surface area (Å²) in [5.74, 6) is 0. The second-order valence-electron chi connectivity index (χ2n) is 4.66. The van der Waals surface area contributed by atoms with Crippen LogP contribution in [0.3, 0.4) is 0 Å². The van der Waals surface area contributed by atoms with E-state index in [0.717, 1.165) is 27.6 Å². The summed E-state index contributed by atoms with van der Waals surface area (Å²) < 4.78 is 9.70. The number of rotatable bonds is 1. The maximum atomic E-state index is 5.82. The monoisotopic (exact) mass is 248 g/mol. The predicted molar refractivity (Wildman–Crippen MR) is 74.0 cm³/mol. The summed E-state index contributed by atoms with van der Waals surface area (Å²) >= 11 is 0. The molecule has 1 aliphatic heterocycles. The molecule has 2 aromatic carbocycles. The molecule has 1 aliphatic rings. The van der Waals surface area contributed by atoms with E-state index >= 15 is 0 Å². The van der Waals surface area contributed by atoms with Crippen LogP contribution in [0.4, 0.5) is 5.69 Å². The summed E-state index contributed by atoms with van der Waals surface area (Å²) in [6.45, 7) is 0. The van der Waals surface area contributed by atoms with Gasteiger partial charge in [-0.2, -0.15) is 0 Å². The second-order valence-corrected chi connectivity index (χ2v) is 4.66. The molecule has 0 spiro atoms. The normalized spacial score (nSPS) is 14.2. The van der Waals surface area contributed by atoms with Crippen LogP contribution in [-0.4, -0.2) is 22.2 Å². The van der Waals surface area contributed by atoms with Crippen molar-refractivity contribution >= 4 is 33.6 Å². The van der Waals surface area contributed by atoms with E-state index in [-0.39, 0.29) is 0 Å². The highest BCUT2D eigenvalue weighted by Gasteiger charge is 2.17. The average molecular weight is 248 g/mol. The van der Waals surface area contributed by atoms with Gasteiger partial charge >= 0.3 is 6.01 Å². The molecule has 0 N–H and O–H groups in total. The molecule has 0 fully saturated rings. The van der Waals surface area contributed by atoms with Gasteiger partial charge in [0.25, 0.3) is 6.20 Å². The first-order valence-corrected chi connectivity index (χ1v) is 6.19. The lowest BCUT2D eigenvalue weighted by Crippen LogP contribution is -1.93. The Bertz CT molecular complexity index is 909. The molecule has 0 aliphatic carbocycles. The molecule has 0 atom stereocenters. The average Bonchev–Trinajstić information content (AvgIpc) is 3.01. The minimum atomic E-state index is 0.918. The predicted octanol–water partition coefficient (Wildman–Crippen LogP) is 3.53. The number of hydrogen-bond donors (Lipinski definition) is 0. The fourth-order valence-corrected chi connectivity index (χ4v) is 2.41. The molecule has 0 saturated heterocycles. The first-order valence-electron chi connectivity index (χ1n) is 6.19. The lowest BCUT2D eigenvalue weighted by molar-refractivity contribution is -0.429. The third kappa shape index (κ3) is 1.53. The zero-order valence-electron chi connectivity index (χ0n) is 10.5. The SMILES string of the molecule is C[N+]1=C=[N+](c2ccc3oc4ccccc4c3c2)C=C1. The second kappa shape index (κ2) is 3.67. The third-order valence-electron chi connectivity index (χ3n) is 3.34. The van der Waals surface area contributed by atoms with Gasteiger partial charge in [0.15, 0.2) is 7.05 Å². The van der Waals surface area contributed by atoms with Crippen LogP contribution in [0.2, 0.25) is 0 Å². The van der Waals surface area contributed by atoms with Crippen molar-refractivity contribution in [2.45, 2.75) is 0 Å². The highest BCUT2D eigenvalue weighted by Crippen LogP contribution is 2.31. The van der Waals surface area contributed by atoms with E-state index in [4.69, 9.17) is 4.42 Å². The Morgan fingerprint density at radius 1 is 0.947 bits per heavy atom. The van der Waals surface area contributed by atoms with Crippen LogP contribution in [0.1, 0.15) is 0 Å². The van der Waals surface area contributed by atoms with Crippen molar-refractivity contribution in [1.82, 2.24) is 0 Å². The molecule has 0 bridgehead atoms. The molecule has 2 heterocycles. The van der Waals surface area contributed by atoms with E-state index in [2.05, 4.69) is 18.1 Å². The van der Waals surface area contributed by atoms with E-state index in [0.29, 0.717) is 0 Å². The van der Waals surface area contributed by atoms with E-state index in [1.165, 1.54) is 0 Å². The largest absolute Gasteiger partial charge is 0.495 e. The highest BCUT2D eigenvalue weighted by molar-refractivity contribution is 6.05. The van der Waals surface area contributed by atoms with E-state index < -0.39 is 0 Å². The van der Waals surface area contributed by atoms with Crippen LogP contribution in [-0.2, 0) is 0 Å². The lowest BCUT2D eigenvalue weighted by Gasteiger charge is -1.90. The van der Waals surface area contributed by atoms with Gasteiger partial charge in [-0.25, -0.2) is 0 Å². The Balaban J connectivity index is 2.03. The van der Waals surface area contributed by atoms with Crippen LogP contribution in [0.5, 0.6) is 0 Å². The molecule has 0 amide bonds. The molecule has 4 rings (SSSR count). The Morgan fingerprint density at radius 2 is 1.79 bits per heavy atom. The first kappa shape index (κ1) is 10.3.